The molecule has 10 heteroatoms. The van der Waals surface area contributed by atoms with Crippen LogP contribution >= 0.6 is 0 Å². The Balaban J connectivity index is 0.00000271. The second kappa shape index (κ2) is 17.6. The van der Waals surface area contributed by atoms with Gasteiger partial charge in [0.15, 0.2) is 0 Å². The van der Waals surface area contributed by atoms with Gasteiger partial charge in [-0.3, -0.25) is 14.4 Å². The van der Waals surface area contributed by atoms with Crippen LogP contribution in [0.5, 0.6) is 0 Å². The van der Waals surface area contributed by atoms with Crippen molar-refractivity contribution in [1.29, 1.82) is 0 Å². The smallest absolute Gasteiger partial charge is 0.246 e. The number of aliphatic hydroxyl groups excluding tert-OH is 1. The molecular formula is C35H52N6O4. The van der Waals surface area contributed by atoms with Crippen molar-refractivity contribution in [3.63, 3.8) is 0 Å². The van der Waals surface area contributed by atoms with Crippen molar-refractivity contribution in [2.75, 3.05) is 6.54 Å². The van der Waals surface area contributed by atoms with Crippen molar-refractivity contribution in [3.05, 3.63) is 83.7 Å². The normalized spacial score (nSPS) is 22.1. The monoisotopic (exact) mass is 620 g/mol. The Kier molecular flexibility index (Phi) is 13.9. The summed E-state index contributed by atoms with van der Waals surface area (Å²) in [7, 11) is 0. The second-order valence-corrected chi connectivity index (χ2v) is 11.6. The van der Waals surface area contributed by atoms with Gasteiger partial charge in [-0.05, 0) is 49.7 Å². The Bertz CT molecular complexity index is 1220. The number of amides is 3. The van der Waals surface area contributed by atoms with Gasteiger partial charge in [0, 0.05) is 31.1 Å². The maximum atomic E-state index is 14.3. The van der Waals surface area contributed by atoms with E-state index in [9.17, 15) is 19.5 Å². The molecule has 246 valence electrons. The summed E-state index contributed by atoms with van der Waals surface area (Å²) >= 11 is 0. The first kappa shape index (κ1) is 35.6. The average molecular weight is 621 g/mol. The topological polar surface area (TPSA) is 154 Å². The highest BCUT2D eigenvalue weighted by molar-refractivity contribution is 5.93. The van der Waals surface area contributed by atoms with Gasteiger partial charge in [0.05, 0.1) is 17.8 Å². The molecule has 4 rings (SSSR count). The number of nitrogens with one attached hydrogen (secondary N) is 2. The van der Waals surface area contributed by atoms with E-state index >= 15 is 0 Å². The van der Waals surface area contributed by atoms with E-state index in [2.05, 4.69) is 10.6 Å². The van der Waals surface area contributed by atoms with Crippen LogP contribution in [0.3, 0.4) is 0 Å². The lowest BCUT2D eigenvalue weighted by Gasteiger charge is -2.33. The summed E-state index contributed by atoms with van der Waals surface area (Å²) in [5.74, 6) is 5.28. The van der Waals surface area contributed by atoms with Crippen LogP contribution in [0, 0.1) is 5.92 Å². The van der Waals surface area contributed by atoms with Gasteiger partial charge >= 0.3 is 0 Å². The van der Waals surface area contributed by atoms with Gasteiger partial charge in [0.1, 0.15) is 12.1 Å². The highest BCUT2D eigenvalue weighted by atomic mass is 16.3. The Morgan fingerprint density at radius 2 is 1.58 bits per heavy atom. The van der Waals surface area contributed by atoms with Crippen LogP contribution in [0.25, 0.3) is 0 Å². The van der Waals surface area contributed by atoms with Crippen molar-refractivity contribution in [2.24, 2.45) is 17.5 Å². The number of carbonyl (C=O) groups excluding carboxylic acids is 3. The highest BCUT2D eigenvalue weighted by Crippen LogP contribution is 2.35. The van der Waals surface area contributed by atoms with Crippen molar-refractivity contribution < 1.29 is 19.5 Å². The summed E-state index contributed by atoms with van der Waals surface area (Å²) in [6.45, 7) is 7.98. The fourth-order valence-electron chi connectivity index (χ4n) is 6.27. The number of fused-ring (bicyclic) bond motifs is 1. The van der Waals surface area contributed by atoms with Gasteiger partial charge < -0.3 is 31.4 Å². The highest BCUT2D eigenvalue weighted by Gasteiger charge is 2.48. The fourth-order valence-corrected chi connectivity index (χ4v) is 6.27. The van der Waals surface area contributed by atoms with E-state index in [0.29, 0.717) is 44.9 Å². The second-order valence-electron chi connectivity index (χ2n) is 11.6. The molecule has 10 nitrogen and oxygen atoms in total. The van der Waals surface area contributed by atoms with E-state index in [4.69, 9.17) is 11.6 Å². The predicted molar refractivity (Wildman–Crippen MR) is 177 cm³/mol. The molecule has 2 aliphatic rings. The summed E-state index contributed by atoms with van der Waals surface area (Å²) in [5, 5.41) is 17.7. The first-order valence-corrected chi connectivity index (χ1v) is 16.4. The number of hydrogen-bond acceptors (Lipinski definition) is 7. The van der Waals surface area contributed by atoms with Crippen LogP contribution in [0.15, 0.2) is 72.6 Å². The molecule has 0 bridgehead atoms. The van der Waals surface area contributed by atoms with E-state index in [0.717, 1.165) is 11.1 Å². The molecule has 2 heterocycles. The Labute approximate surface area is 268 Å². The third-order valence-corrected chi connectivity index (χ3v) is 8.55. The number of nitrogens with zero attached hydrogens (tertiary/aromatic N) is 2. The molecule has 2 aromatic rings. The molecule has 45 heavy (non-hydrogen) atoms. The van der Waals surface area contributed by atoms with Crippen molar-refractivity contribution in [1.82, 2.24) is 20.5 Å². The number of hydrogen-bond donors (Lipinski definition) is 5. The molecule has 0 radical (unpaired) electrons. The summed E-state index contributed by atoms with van der Waals surface area (Å²) in [5.41, 5.74) is 8.14. The number of aliphatic hydroxyl groups is 1. The largest absolute Gasteiger partial charge is 0.399 e. The van der Waals surface area contributed by atoms with Crippen LogP contribution in [-0.4, -0.2) is 63.5 Å². The van der Waals surface area contributed by atoms with Gasteiger partial charge in [-0.1, -0.05) is 88.4 Å². The van der Waals surface area contributed by atoms with Crippen LogP contribution in [0.2, 0.25) is 0 Å². The molecule has 5 atom stereocenters. The minimum absolute atomic E-state index is 0.112. The van der Waals surface area contributed by atoms with Gasteiger partial charge in [0.2, 0.25) is 17.7 Å². The molecule has 5 unspecified atom stereocenters. The first-order valence-electron chi connectivity index (χ1n) is 16.4. The Morgan fingerprint density at radius 1 is 1.00 bits per heavy atom. The lowest BCUT2D eigenvalue weighted by molar-refractivity contribution is -0.143. The SMILES string of the molecule is CC.CCCC(=O)NC1C(=O)N2C(CCC1CN(N)/C=C(\N)C(O)CC)CCC2C(=O)NC(c1ccccc1)c1ccccc1. The van der Waals surface area contributed by atoms with Crippen molar-refractivity contribution >= 4 is 17.7 Å². The summed E-state index contributed by atoms with van der Waals surface area (Å²) in [4.78, 5) is 42.7. The number of nitrogens with two attached hydrogens (primary N) is 2. The minimum Gasteiger partial charge on any atom is -0.399 e. The Morgan fingerprint density at radius 3 is 2.13 bits per heavy atom. The third kappa shape index (κ3) is 9.31. The third-order valence-electron chi connectivity index (χ3n) is 8.55. The average Bonchev–Trinajstić information content (AvgIpc) is 3.45. The zero-order chi connectivity index (χ0) is 32.9. The van der Waals surface area contributed by atoms with Crippen molar-refractivity contribution in [2.45, 2.75) is 103 Å². The quantitative estimate of drug-likeness (QED) is 0.179. The maximum Gasteiger partial charge on any atom is 0.246 e. The van der Waals surface area contributed by atoms with Crippen LogP contribution in [0.1, 0.15) is 89.8 Å². The molecule has 2 saturated heterocycles. The lowest BCUT2D eigenvalue weighted by atomic mass is 9.92. The number of hydrazine groups is 1. The van der Waals surface area contributed by atoms with E-state index in [1.807, 2.05) is 88.4 Å². The van der Waals surface area contributed by atoms with E-state index < -0.39 is 18.2 Å². The van der Waals surface area contributed by atoms with Gasteiger partial charge in [0.25, 0.3) is 0 Å². The molecule has 0 aliphatic carbocycles. The summed E-state index contributed by atoms with van der Waals surface area (Å²) < 4.78 is 0. The predicted octanol–water partition coefficient (Wildman–Crippen LogP) is 3.72. The van der Waals surface area contributed by atoms with Gasteiger partial charge in [-0.2, -0.15) is 0 Å². The number of benzene rings is 2. The molecule has 7 N–H and O–H groups in total. The molecule has 0 spiro atoms. The minimum atomic E-state index is -0.840. The standard InChI is InChI=1S/C33H46N6O4.C2H6/c1-3-11-29(41)36-31-24(20-38(35)21-26(34)28(40)4-2)16-17-25-18-19-27(39(25)33(31)43)32(42)37-30(22-12-7-5-8-13-22)23-14-9-6-10-15-23;1-2/h5-10,12-15,21,24-25,27-28,30-31,40H,3-4,11,16-20,34-35H2,1-2H3,(H,36,41)(H,37,42);1-2H3/b26-21-;. The zero-order valence-corrected chi connectivity index (χ0v) is 27.2. The first-order chi connectivity index (χ1) is 21.7. The molecule has 2 fully saturated rings. The summed E-state index contributed by atoms with van der Waals surface area (Å²) in [6, 6.07) is 17.6. The number of carbonyl (C=O) groups is 3. The van der Waals surface area contributed by atoms with Crippen molar-refractivity contribution in [3.8, 4) is 0 Å². The molecule has 3 amide bonds. The fraction of sp³-hybridized carbons (Fsp3) is 0.514. The molecule has 2 aliphatic heterocycles. The van der Waals surface area contributed by atoms with Crippen LogP contribution < -0.4 is 22.2 Å². The molecule has 0 saturated carbocycles. The maximum absolute atomic E-state index is 14.3. The van der Waals surface area contributed by atoms with Gasteiger partial charge in [-0.25, -0.2) is 5.84 Å². The molecule has 2 aromatic carbocycles. The zero-order valence-electron chi connectivity index (χ0n) is 27.2. The lowest BCUT2D eigenvalue weighted by Crippen LogP contribution is -2.57. The van der Waals surface area contributed by atoms with Crippen LogP contribution in [-0.2, 0) is 14.4 Å². The number of rotatable bonds is 12. The van der Waals surface area contributed by atoms with Gasteiger partial charge in [-0.15, -0.1) is 0 Å². The van der Waals surface area contributed by atoms with E-state index in [1.165, 1.54) is 11.2 Å². The van der Waals surface area contributed by atoms with Crippen LogP contribution in [0.4, 0.5) is 0 Å². The Hall–Kier alpha value is -3.89. The molecule has 0 aromatic heterocycles. The summed E-state index contributed by atoms with van der Waals surface area (Å²) in [6.07, 6.45) is 4.63. The van der Waals surface area contributed by atoms with E-state index in [1.54, 1.807) is 4.90 Å². The van der Waals surface area contributed by atoms with E-state index in [-0.39, 0.29) is 48.0 Å². The molecular weight excluding hydrogens is 568 g/mol.